The molecule has 0 bridgehead atoms. The SMILES string of the molecule is COc1ccc(C2=NN(C(=O)CSc3nncn3C)[C@@H](c3ccc(C)cc3)C2)cc1. The Morgan fingerprint density at radius 3 is 2.53 bits per heavy atom. The predicted molar refractivity (Wildman–Crippen MR) is 117 cm³/mol. The third-order valence-corrected chi connectivity index (χ3v) is 6.06. The molecule has 0 aliphatic carbocycles. The normalized spacial score (nSPS) is 15.9. The Balaban J connectivity index is 1.59. The average Bonchev–Trinajstić information content (AvgIpc) is 3.39. The second-order valence-corrected chi connectivity index (χ2v) is 8.10. The summed E-state index contributed by atoms with van der Waals surface area (Å²) in [4.78, 5) is 13.1. The lowest BCUT2D eigenvalue weighted by Crippen LogP contribution is -2.28. The summed E-state index contributed by atoms with van der Waals surface area (Å²) >= 11 is 1.36. The first-order valence-electron chi connectivity index (χ1n) is 9.62. The van der Waals surface area contributed by atoms with E-state index in [4.69, 9.17) is 9.84 Å². The standard InChI is InChI=1S/C22H23N5O2S/c1-15-4-6-17(7-5-15)20-12-19(16-8-10-18(29-3)11-9-16)25-27(20)21(28)13-30-22-24-23-14-26(22)2/h4-11,14,20H,12-13H2,1-3H3/t20-/m1/s1. The number of amides is 1. The maximum Gasteiger partial charge on any atom is 0.253 e. The largest absolute Gasteiger partial charge is 0.497 e. The average molecular weight is 422 g/mol. The molecule has 1 aromatic heterocycles. The summed E-state index contributed by atoms with van der Waals surface area (Å²) in [6, 6.07) is 15.9. The van der Waals surface area contributed by atoms with Crippen LogP contribution in [0.2, 0.25) is 0 Å². The van der Waals surface area contributed by atoms with Crippen molar-refractivity contribution in [2.24, 2.45) is 12.1 Å². The van der Waals surface area contributed by atoms with Gasteiger partial charge in [0, 0.05) is 13.5 Å². The molecular weight excluding hydrogens is 398 g/mol. The second-order valence-electron chi connectivity index (χ2n) is 7.16. The summed E-state index contributed by atoms with van der Waals surface area (Å²) < 4.78 is 7.05. The molecule has 154 valence electrons. The van der Waals surface area contributed by atoms with Gasteiger partial charge in [-0.25, -0.2) is 5.01 Å². The lowest BCUT2D eigenvalue weighted by Gasteiger charge is -2.22. The summed E-state index contributed by atoms with van der Waals surface area (Å²) in [6.45, 7) is 2.05. The molecule has 7 nitrogen and oxygen atoms in total. The minimum atomic E-state index is -0.129. The van der Waals surface area contributed by atoms with Crippen molar-refractivity contribution < 1.29 is 9.53 Å². The van der Waals surface area contributed by atoms with Gasteiger partial charge < -0.3 is 9.30 Å². The smallest absolute Gasteiger partial charge is 0.253 e. The molecule has 30 heavy (non-hydrogen) atoms. The van der Waals surface area contributed by atoms with E-state index in [2.05, 4.69) is 41.4 Å². The molecule has 1 amide bonds. The molecule has 0 saturated heterocycles. The summed E-state index contributed by atoms with van der Waals surface area (Å²) in [5, 5.41) is 14.9. The number of carbonyl (C=O) groups is 1. The van der Waals surface area contributed by atoms with Crippen LogP contribution in [0, 0.1) is 6.92 Å². The number of thioether (sulfide) groups is 1. The number of nitrogens with zero attached hydrogens (tertiary/aromatic N) is 5. The van der Waals surface area contributed by atoms with Crippen molar-refractivity contribution in [1.82, 2.24) is 19.8 Å². The number of rotatable bonds is 6. The topological polar surface area (TPSA) is 72.6 Å². The van der Waals surface area contributed by atoms with Crippen molar-refractivity contribution in [3.63, 3.8) is 0 Å². The second kappa shape index (κ2) is 8.71. The van der Waals surface area contributed by atoms with Crippen LogP contribution < -0.4 is 4.74 Å². The highest BCUT2D eigenvalue weighted by molar-refractivity contribution is 7.99. The zero-order valence-corrected chi connectivity index (χ0v) is 18.0. The van der Waals surface area contributed by atoms with Crippen molar-refractivity contribution >= 4 is 23.4 Å². The fourth-order valence-electron chi connectivity index (χ4n) is 3.34. The van der Waals surface area contributed by atoms with Gasteiger partial charge >= 0.3 is 0 Å². The van der Waals surface area contributed by atoms with Crippen molar-refractivity contribution in [3.8, 4) is 5.75 Å². The molecule has 4 rings (SSSR count). The first-order chi connectivity index (χ1) is 14.5. The van der Waals surface area contributed by atoms with E-state index >= 15 is 0 Å². The van der Waals surface area contributed by atoms with Crippen LogP contribution in [0.5, 0.6) is 5.75 Å². The number of hydrazone groups is 1. The Hall–Kier alpha value is -3.13. The van der Waals surface area contributed by atoms with E-state index in [1.54, 1.807) is 23.0 Å². The van der Waals surface area contributed by atoms with Gasteiger partial charge in [0.2, 0.25) is 0 Å². The van der Waals surface area contributed by atoms with Gasteiger partial charge in [-0.3, -0.25) is 4.79 Å². The zero-order valence-electron chi connectivity index (χ0n) is 17.1. The minimum absolute atomic E-state index is 0.0583. The van der Waals surface area contributed by atoms with Crippen molar-refractivity contribution in [1.29, 1.82) is 0 Å². The van der Waals surface area contributed by atoms with E-state index in [0.717, 1.165) is 22.6 Å². The minimum Gasteiger partial charge on any atom is -0.497 e. The Kier molecular flexibility index (Phi) is 5.85. The molecule has 0 radical (unpaired) electrons. The Morgan fingerprint density at radius 1 is 1.17 bits per heavy atom. The Bertz CT molecular complexity index is 1060. The third kappa shape index (κ3) is 4.23. The number of hydrogen-bond acceptors (Lipinski definition) is 6. The van der Waals surface area contributed by atoms with Crippen LogP contribution in [0.15, 0.2) is 65.1 Å². The van der Waals surface area contributed by atoms with Crippen molar-refractivity contribution in [3.05, 3.63) is 71.5 Å². The van der Waals surface area contributed by atoms with E-state index in [0.29, 0.717) is 11.6 Å². The molecule has 1 atom stereocenters. The molecule has 0 saturated carbocycles. The van der Waals surface area contributed by atoms with E-state index in [-0.39, 0.29) is 17.7 Å². The molecule has 3 aromatic rings. The van der Waals surface area contributed by atoms with Crippen LogP contribution in [-0.2, 0) is 11.8 Å². The fraction of sp³-hybridized carbons (Fsp3) is 0.273. The highest BCUT2D eigenvalue weighted by Crippen LogP contribution is 2.34. The quantitative estimate of drug-likeness (QED) is 0.569. The van der Waals surface area contributed by atoms with Crippen molar-refractivity contribution in [2.45, 2.75) is 24.5 Å². The molecule has 2 heterocycles. The number of ether oxygens (including phenoxy) is 1. The van der Waals surface area contributed by atoms with Gasteiger partial charge in [0.15, 0.2) is 5.16 Å². The van der Waals surface area contributed by atoms with Crippen LogP contribution >= 0.6 is 11.8 Å². The summed E-state index contributed by atoms with van der Waals surface area (Å²) in [7, 11) is 3.50. The van der Waals surface area contributed by atoms with Crippen LogP contribution in [0.1, 0.15) is 29.2 Å². The number of benzene rings is 2. The van der Waals surface area contributed by atoms with Gasteiger partial charge in [0.1, 0.15) is 12.1 Å². The van der Waals surface area contributed by atoms with Gasteiger partial charge in [0.05, 0.1) is 24.6 Å². The van der Waals surface area contributed by atoms with Crippen LogP contribution in [0.4, 0.5) is 0 Å². The van der Waals surface area contributed by atoms with Gasteiger partial charge in [0.25, 0.3) is 5.91 Å². The van der Waals surface area contributed by atoms with Crippen LogP contribution in [0.25, 0.3) is 0 Å². The molecule has 0 N–H and O–H groups in total. The molecule has 1 aliphatic heterocycles. The monoisotopic (exact) mass is 421 g/mol. The summed E-state index contributed by atoms with van der Waals surface area (Å²) in [5.74, 6) is 0.978. The third-order valence-electron chi connectivity index (χ3n) is 5.05. The molecule has 8 heteroatoms. The maximum atomic E-state index is 13.1. The summed E-state index contributed by atoms with van der Waals surface area (Å²) in [5.41, 5.74) is 4.14. The van der Waals surface area contributed by atoms with Gasteiger partial charge in [-0.1, -0.05) is 41.6 Å². The zero-order chi connectivity index (χ0) is 21.1. The molecule has 0 spiro atoms. The number of methoxy groups -OCH3 is 1. The first kappa shape index (κ1) is 20.2. The van der Waals surface area contributed by atoms with E-state index in [1.807, 2.05) is 31.3 Å². The Labute approximate surface area is 179 Å². The fourth-order valence-corrected chi connectivity index (χ4v) is 4.08. The lowest BCUT2D eigenvalue weighted by atomic mass is 9.97. The lowest BCUT2D eigenvalue weighted by molar-refractivity contribution is -0.130. The number of hydrogen-bond donors (Lipinski definition) is 0. The van der Waals surface area contributed by atoms with Crippen LogP contribution in [0.3, 0.4) is 0 Å². The van der Waals surface area contributed by atoms with Crippen molar-refractivity contribution in [2.75, 3.05) is 12.9 Å². The predicted octanol–water partition coefficient (Wildman–Crippen LogP) is 3.60. The summed E-state index contributed by atoms with van der Waals surface area (Å²) in [6.07, 6.45) is 2.29. The molecule has 2 aromatic carbocycles. The van der Waals surface area contributed by atoms with Gasteiger partial charge in [-0.15, -0.1) is 10.2 Å². The number of aryl methyl sites for hydroxylation is 2. The molecule has 1 aliphatic rings. The molecular formula is C22H23N5O2S. The highest BCUT2D eigenvalue weighted by Gasteiger charge is 2.33. The van der Waals surface area contributed by atoms with E-state index < -0.39 is 0 Å². The van der Waals surface area contributed by atoms with E-state index in [9.17, 15) is 4.79 Å². The molecule has 0 unspecified atom stereocenters. The highest BCUT2D eigenvalue weighted by atomic mass is 32.2. The van der Waals surface area contributed by atoms with Gasteiger partial charge in [-0.05, 0) is 42.3 Å². The van der Waals surface area contributed by atoms with E-state index in [1.165, 1.54) is 17.3 Å². The number of carbonyl (C=O) groups excluding carboxylic acids is 1. The molecule has 0 fully saturated rings. The Morgan fingerprint density at radius 2 is 1.90 bits per heavy atom. The first-order valence-corrected chi connectivity index (χ1v) is 10.6. The number of aromatic nitrogens is 3. The van der Waals surface area contributed by atoms with Crippen LogP contribution in [-0.4, -0.2) is 44.3 Å². The maximum absolute atomic E-state index is 13.1. The van der Waals surface area contributed by atoms with Gasteiger partial charge in [-0.2, -0.15) is 5.10 Å².